The van der Waals surface area contributed by atoms with E-state index in [9.17, 15) is 9.59 Å². The van der Waals surface area contributed by atoms with Crippen LogP contribution in [0.2, 0.25) is 0 Å². The topological polar surface area (TPSA) is 71.1 Å². The third-order valence-corrected chi connectivity index (χ3v) is 4.62. The lowest BCUT2D eigenvalue weighted by Crippen LogP contribution is -2.21. The molecule has 0 saturated heterocycles. The van der Waals surface area contributed by atoms with Gasteiger partial charge in [0.1, 0.15) is 0 Å². The molecule has 0 aromatic carbocycles. The van der Waals surface area contributed by atoms with E-state index in [1.165, 1.54) is 38.5 Å². The number of carbonyl (C=O) groups is 2. The predicted molar refractivity (Wildman–Crippen MR) is 119 cm³/mol. The minimum atomic E-state index is -0.676. The molecule has 0 fully saturated rings. The largest absolute Gasteiger partial charge is 0.484 e. The molecular weight excluding hydrogens is 384 g/mol. The van der Waals surface area contributed by atoms with E-state index in [4.69, 9.17) is 18.9 Å². The van der Waals surface area contributed by atoms with Gasteiger partial charge in [-0.25, -0.2) is 9.59 Å². The molecule has 0 saturated carbocycles. The summed E-state index contributed by atoms with van der Waals surface area (Å²) in [6, 6.07) is 0. The van der Waals surface area contributed by atoms with Crippen LogP contribution in [0, 0.1) is 0 Å². The Morgan fingerprint density at radius 1 is 0.467 bits per heavy atom. The normalized spacial score (nSPS) is 11.6. The number of hydrogen-bond donors (Lipinski definition) is 0. The van der Waals surface area contributed by atoms with Crippen molar-refractivity contribution in [2.24, 2.45) is 0 Å². The molecule has 0 atom stereocenters. The number of unbranched alkanes of at least 4 members (excludes halogenated alkanes) is 10. The second kappa shape index (κ2) is 20.5. The zero-order valence-corrected chi connectivity index (χ0v) is 19.8. The second-order valence-corrected chi connectivity index (χ2v) is 7.33. The van der Waals surface area contributed by atoms with Crippen molar-refractivity contribution in [3.8, 4) is 0 Å². The summed E-state index contributed by atoms with van der Waals surface area (Å²) in [6.07, 6.45) is 13.1. The van der Waals surface area contributed by atoms with Gasteiger partial charge >= 0.3 is 11.9 Å². The fourth-order valence-corrected chi connectivity index (χ4v) is 2.95. The van der Waals surface area contributed by atoms with Gasteiger partial charge in [-0.3, -0.25) is 0 Å². The SMILES string of the molecule is CCCCCCCCOC(=O)C(OCC)=C(OCC)C(=O)OCCCCCCCC. The second-order valence-electron chi connectivity index (χ2n) is 7.33. The lowest BCUT2D eigenvalue weighted by atomic mass is 10.1. The lowest BCUT2D eigenvalue weighted by Gasteiger charge is -2.14. The Kier molecular flexibility index (Phi) is 19.4. The van der Waals surface area contributed by atoms with Crippen LogP contribution in [0.1, 0.15) is 105 Å². The summed E-state index contributed by atoms with van der Waals surface area (Å²) in [5.74, 6) is -1.74. The van der Waals surface area contributed by atoms with Crippen molar-refractivity contribution in [2.75, 3.05) is 26.4 Å². The van der Waals surface area contributed by atoms with Gasteiger partial charge in [-0.15, -0.1) is 0 Å². The lowest BCUT2D eigenvalue weighted by molar-refractivity contribution is -0.149. The van der Waals surface area contributed by atoms with E-state index in [-0.39, 0.29) is 24.7 Å². The van der Waals surface area contributed by atoms with E-state index in [0.717, 1.165) is 38.5 Å². The van der Waals surface area contributed by atoms with Crippen molar-refractivity contribution in [3.05, 3.63) is 11.5 Å². The molecule has 0 heterocycles. The fourth-order valence-electron chi connectivity index (χ4n) is 2.95. The molecule has 0 aliphatic rings. The number of rotatable bonds is 20. The van der Waals surface area contributed by atoms with Gasteiger partial charge in [0, 0.05) is 0 Å². The van der Waals surface area contributed by atoms with Crippen LogP contribution in [0.5, 0.6) is 0 Å². The number of carbonyl (C=O) groups excluding carboxylic acids is 2. The summed E-state index contributed by atoms with van der Waals surface area (Å²) in [5, 5.41) is 0. The van der Waals surface area contributed by atoms with Gasteiger partial charge in [-0.1, -0.05) is 78.1 Å². The first-order valence-corrected chi connectivity index (χ1v) is 12.0. The van der Waals surface area contributed by atoms with Crippen molar-refractivity contribution in [1.29, 1.82) is 0 Å². The van der Waals surface area contributed by atoms with E-state index in [1.54, 1.807) is 13.8 Å². The first kappa shape index (κ1) is 28.3. The van der Waals surface area contributed by atoms with Crippen LogP contribution < -0.4 is 0 Å². The van der Waals surface area contributed by atoms with Gasteiger partial charge in [-0.05, 0) is 26.7 Å². The monoisotopic (exact) mass is 428 g/mol. The van der Waals surface area contributed by atoms with Gasteiger partial charge in [0.15, 0.2) is 0 Å². The van der Waals surface area contributed by atoms with Gasteiger partial charge < -0.3 is 18.9 Å². The average molecular weight is 429 g/mol. The minimum Gasteiger partial charge on any atom is -0.484 e. The minimum absolute atomic E-state index is 0.196. The van der Waals surface area contributed by atoms with E-state index in [2.05, 4.69) is 13.8 Å². The maximum Gasteiger partial charge on any atom is 0.377 e. The third kappa shape index (κ3) is 14.3. The number of esters is 2. The maximum absolute atomic E-state index is 12.5. The first-order chi connectivity index (χ1) is 14.6. The molecule has 0 aromatic rings. The highest BCUT2D eigenvalue weighted by atomic mass is 16.6. The quantitative estimate of drug-likeness (QED) is 0.101. The van der Waals surface area contributed by atoms with Crippen LogP contribution in [-0.4, -0.2) is 38.4 Å². The highest BCUT2D eigenvalue weighted by Gasteiger charge is 2.27. The maximum atomic E-state index is 12.5. The fraction of sp³-hybridized carbons (Fsp3) is 0.833. The Hall–Kier alpha value is -1.72. The van der Waals surface area contributed by atoms with Gasteiger partial charge in [0.05, 0.1) is 26.4 Å². The highest BCUT2D eigenvalue weighted by Crippen LogP contribution is 2.15. The summed E-state index contributed by atoms with van der Waals surface area (Å²) < 4.78 is 21.4. The molecule has 0 aromatic heterocycles. The summed E-state index contributed by atoms with van der Waals surface area (Å²) >= 11 is 0. The standard InChI is InChI=1S/C24H44O6/c1-5-9-11-13-15-17-19-29-23(25)21(27-7-3)22(28-8-4)24(26)30-20-18-16-14-12-10-6-2/h5-20H2,1-4H3. The Balaban J connectivity index is 4.63. The van der Waals surface area contributed by atoms with E-state index in [1.807, 2.05) is 0 Å². The zero-order chi connectivity index (χ0) is 22.5. The predicted octanol–water partition coefficient (Wildman–Crippen LogP) is 6.08. The molecule has 0 bridgehead atoms. The van der Waals surface area contributed by atoms with Crippen molar-refractivity contribution >= 4 is 11.9 Å². The molecule has 0 radical (unpaired) electrons. The Morgan fingerprint density at radius 2 is 0.800 bits per heavy atom. The molecule has 0 rings (SSSR count). The summed E-state index contributed by atoms with van der Waals surface area (Å²) in [7, 11) is 0. The molecule has 0 aliphatic heterocycles. The molecule has 0 spiro atoms. The summed E-state index contributed by atoms with van der Waals surface area (Å²) in [4.78, 5) is 24.9. The van der Waals surface area contributed by atoms with Crippen LogP contribution in [0.25, 0.3) is 0 Å². The van der Waals surface area contributed by atoms with Crippen LogP contribution >= 0.6 is 0 Å². The number of hydrogen-bond acceptors (Lipinski definition) is 6. The summed E-state index contributed by atoms with van der Waals surface area (Å²) in [5.41, 5.74) is 0. The molecule has 0 unspecified atom stereocenters. The number of ether oxygens (including phenoxy) is 4. The molecule has 0 aliphatic carbocycles. The van der Waals surface area contributed by atoms with Crippen LogP contribution in [-0.2, 0) is 28.5 Å². The smallest absolute Gasteiger partial charge is 0.377 e. The molecular formula is C24H44O6. The van der Waals surface area contributed by atoms with E-state index < -0.39 is 11.9 Å². The Morgan fingerprint density at radius 3 is 1.13 bits per heavy atom. The Labute approximate surface area is 183 Å². The third-order valence-electron chi connectivity index (χ3n) is 4.62. The molecule has 0 N–H and O–H groups in total. The summed E-state index contributed by atoms with van der Waals surface area (Å²) in [6.45, 7) is 8.89. The van der Waals surface area contributed by atoms with Crippen molar-refractivity contribution < 1.29 is 28.5 Å². The van der Waals surface area contributed by atoms with Crippen molar-refractivity contribution in [1.82, 2.24) is 0 Å². The highest BCUT2D eigenvalue weighted by molar-refractivity contribution is 5.97. The molecule has 0 amide bonds. The van der Waals surface area contributed by atoms with E-state index in [0.29, 0.717) is 13.2 Å². The molecule has 6 heteroatoms. The van der Waals surface area contributed by atoms with Gasteiger partial charge in [-0.2, -0.15) is 0 Å². The molecule has 30 heavy (non-hydrogen) atoms. The van der Waals surface area contributed by atoms with Crippen LogP contribution in [0.3, 0.4) is 0 Å². The van der Waals surface area contributed by atoms with E-state index >= 15 is 0 Å². The van der Waals surface area contributed by atoms with Gasteiger partial charge in [0.2, 0.25) is 0 Å². The zero-order valence-electron chi connectivity index (χ0n) is 19.8. The Bertz CT molecular complexity index is 430. The van der Waals surface area contributed by atoms with Crippen LogP contribution in [0.15, 0.2) is 11.5 Å². The van der Waals surface area contributed by atoms with Crippen molar-refractivity contribution in [2.45, 2.75) is 105 Å². The molecule has 176 valence electrons. The average Bonchev–Trinajstić information content (AvgIpc) is 2.74. The molecule has 6 nitrogen and oxygen atoms in total. The van der Waals surface area contributed by atoms with Gasteiger partial charge in [0.25, 0.3) is 11.5 Å². The van der Waals surface area contributed by atoms with Crippen LogP contribution in [0.4, 0.5) is 0 Å². The van der Waals surface area contributed by atoms with Crippen molar-refractivity contribution in [3.63, 3.8) is 0 Å². The first-order valence-electron chi connectivity index (χ1n) is 12.0.